The summed E-state index contributed by atoms with van der Waals surface area (Å²) in [6.45, 7) is 3.94. The van der Waals surface area contributed by atoms with Crippen LogP contribution in [0.5, 0.6) is 0 Å². The number of para-hydroxylation sites is 2. The topological polar surface area (TPSA) is 61.0 Å². The van der Waals surface area contributed by atoms with Crippen molar-refractivity contribution < 1.29 is 4.79 Å². The van der Waals surface area contributed by atoms with Gasteiger partial charge in [-0.15, -0.1) is 0 Å². The maximum atomic E-state index is 12.6. The van der Waals surface area contributed by atoms with Crippen molar-refractivity contribution in [2.75, 3.05) is 26.2 Å². The molecule has 0 aliphatic carbocycles. The number of nitrogens with one attached hydrogen (secondary N) is 2. The number of nitrogens with zero attached hydrogens (tertiary/aromatic N) is 2. The number of hydrogen-bond acceptors (Lipinski definition) is 3. The van der Waals surface area contributed by atoms with Crippen LogP contribution in [0, 0.1) is 5.41 Å². The van der Waals surface area contributed by atoms with Crippen molar-refractivity contribution >= 4 is 16.9 Å². The van der Waals surface area contributed by atoms with Gasteiger partial charge in [0.15, 0.2) is 0 Å². The molecule has 1 aromatic heterocycles. The Morgan fingerprint density at radius 3 is 3.05 bits per heavy atom. The monoisotopic (exact) mass is 298 g/mol. The van der Waals surface area contributed by atoms with Crippen molar-refractivity contribution in [2.24, 2.45) is 5.41 Å². The van der Waals surface area contributed by atoms with E-state index in [0.29, 0.717) is 11.8 Å². The Morgan fingerprint density at radius 2 is 2.23 bits per heavy atom. The third kappa shape index (κ3) is 2.50. The summed E-state index contributed by atoms with van der Waals surface area (Å²) in [7, 11) is 0. The molecule has 1 atom stereocenters. The molecule has 4 rings (SSSR count). The number of carbonyl (C=O) groups is 1. The number of H-pyrrole nitrogens is 1. The Bertz CT molecular complexity index is 654. The number of rotatable bonds is 2. The van der Waals surface area contributed by atoms with E-state index in [1.54, 1.807) is 0 Å². The number of amides is 1. The molecule has 2 aliphatic heterocycles. The van der Waals surface area contributed by atoms with Gasteiger partial charge in [0, 0.05) is 25.0 Å². The zero-order chi connectivity index (χ0) is 15.0. The molecule has 1 aromatic carbocycles. The summed E-state index contributed by atoms with van der Waals surface area (Å²) in [4.78, 5) is 22.5. The van der Waals surface area contributed by atoms with Crippen LogP contribution >= 0.6 is 0 Å². The molecule has 0 bridgehead atoms. The summed E-state index contributed by atoms with van der Waals surface area (Å²) in [6, 6.07) is 7.92. The Kier molecular flexibility index (Phi) is 3.37. The van der Waals surface area contributed by atoms with E-state index < -0.39 is 0 Å². The Balaban J connectivity index is 1.47. The number of aromatic nitrogens is 2. The van der Waals surface area contributed by atoms with E-state index in [-0.39, 0.29) is 5.91 Å². The van der Waals surface area contributed by atoms with Crippen LogP contribution in [0.15, 0.2) is 24.3 Å². The van der Waals surface area contributed by atoms with Crippen molar-refractivity contribution in [3.05, 3.63) is 30.1 Å². The number of aromatic amines is 1. The molecule has 116 valence electrons. The lowest BCUT2D eigenvalue weighted by molar-refractivity contribution is -0.133. The zero-order valence-corrected chi connectivity index (χ0v) is 12.8. The maximum Gasteiger partial charge on any atom is 0.230 e. The van der Waals surface area contributed by atoms with Crippen LogP contribution in [-0.2, 0) is 11.2 Å². The molecule has 2 saturated heterocycles. The smallest absolute Gasteiger partial charge is 0.230 e. The van der Waals surface area contributed by atoms with E-state index in [9.17, 15) is 4.79 Å². The first-order valence-corrected chi connectivity index (χ1v) is 8.16. The molecule has 5 heteroatoms. The number of likely N-dealkylation sites (tertiary alicyclic amines) is 1. The number of benzene rings is 1. The van der Waals surface area contributed by atoms with Gasteiger partial charge in [0.2, 0.25) is 5.91 Å². The summed E-state index contributed by atoms with van der Waals surface area (Å²) in [5.41, 5.74) is 2.25. The van der Waals surface area contributed by atoms with Crippen LogP contribution in [0.4, 0.5) is 0 Å². The molecule has 0 unspecified atom stereocenters. The second-order valence-electron chi connectivity index (χ2n) is 6.72. The van der Waals surface area contributed by atoms with E-state index in [2.05, 4.69) is 15.3 Å². The average molecular weight is 298 g/mol. The average Bonchev–Trinajstić information content (AvgIpc) is 3.13. The number of hydrogen-bond donors (Lipinski definition) is 2. The minimum Gasteiger partial charge on any atom is -0.342 e. The van der Waals surface area contributed by atoms with Gasteiger partial charge in [-0.2, -0.15) is 0 Å². The second kappa shape index (κ2) is 5.39. The molecule has 2 fully saturated rings. The first kappa shape index (κ1) is 13.8. The van der Waals surface area contributed by atoms with Gasteiger partial charge in [-0.05, 0) is 37.9 Å². The van der Waals surface area contributed by atoms with Gasteiger partial charge in [-0.1, -0.05) is 12.1 Å². The molecule has 22 heavy (non-hydrogen) atoms. The summed E-state index contributed by atoms with van der Waals surface area (Å²) in [6.07, 6.45) is 3.93. The van der Waals surface area contributed by atoms with Crippen LogP contribution in [0.25, 0.3) is 11.0 Å². The predicted molar refractivity (Wildman–Crippen MR) is 85.5 cm³/mol. The lowest BCUT2D eigenvalue weighted by Crippen LogP contribution is -2.47. The lowest BCUT2D eigenvalue weighted by Gasteiger charge is -2.40. The summed E-state index contributed by atoms with van der Waals surface area (Å²) < 4.78 is 0. The first-order valence-electron chi connectivity index (χ1n) is 8.16. The van der Waals surface area contributed by atoms with Crippen molar-refractivity contribution in [1.82, 2.24) is 20.2 Å². The molecule has 2 N–H and O–H groups in total. The SMILES string of the molecule is O=C(Cc1nc2ccccc2[nH]1)N1CCC[C@@]2(CCNC2)C1. The Labute approximate surface area is 130 Å². The van der Waals surface area contributed by atoms with E-state index in [1.807, 2.05) is 29.2 Å². The standard InChI is InChI=1S/C17H22N4O/c22-16(10-15-19-13-4-1-2-5-14(13)20-15)21-9-3-6-17(12-21)7-8-18-11-17/h1-2,4-5,18H,3,6-12H2,(H,19,20)/t17-/m0/s1. The van der Waals surface area contributed by atoms with Gasteiger partial charge >= 0.3 is 0 Å². The van der Waals surface area contributed by atoms with E-state index >= 15 is 0 Å². The molecule has 0 saturated carbocycles. The van der Waals surface area contributed by atoms with E-state index in [4.69, 9.17) is 0 Å². The van der Waals surface area contributed by atoms with Crippen LogP contribution in [-0.4, -0.2) is 47.0 Å². The molecule has 1 amide bonds. The normalized spacial score (nSPS) is 25.2. The van der Waals surface area contributed by atoms with Crippen molar-refractivity contribution in [1.29, 1.82) is 0 Å². The molecule has 0 radical (unpaired) electrons. The molecular formula is C17H22N4O. The summed E-state index contributed by atoms with van der Waals surface area (Å²) in [5.74, 6) is 0.973. The highest BCUT2D eigenvalue weighted by Crippen LogP contribution is 2.35. The molecule has 5 nitrogen and oxygen atoms in total. The van der Waals surface area contributed by atoms with E-state index in [0.717, 1.165) is 49.5 Å². The van der Waals surface area contributed by atoms with Gasteiger partial charge in [0.05, 0.1) is 17.5 Å². The molecule has 2 aliphatic rings. The number of piperidine rings is 1. The highest BCUT2D eigenvalue weighted by atomic mass is 16.2. The predicted octanol–water partition coefficient (Wildman–Crippen LogP) is 1.71. The van der Waals surface area contributed by atoms with Crippen molar-refractivity contribution in [2.45, 2.75) is 25.7 Å². The Hall–Kier alpha value is -1.88. The largest absolute Gasteiger partial charge is 0.342 e. The van der Waals surface area contributed by atoms with Crippen LogP contribution in [0.1, 0.15) is 25.1 Å². The highest BCUT2D eigenvalue weighted by Gasteiger charge is 2.39. The Morgan fingerprint density at radius 1 is 1.32 bits per heavy atom. The summed E-state index contributed by atoms with van der Waals surface area (Å²) in [5, 5.41) is 3.45. The van der Waals surface area contributed by atoms with Crippen LogP contribution < -0.4 is 5.32 Å². The molecular weight excluding hydrogens is 276 g/mol. The maximum absolute atomic E-state index is 12.6. The van der Waals surface area contributed by atoms with Gasteiger partial charge in [-0.3, -0.25) is 4.79 Å². The van der Waals surface area contributed by atoms with E-state index in [1.165, 1.54) is 12.8 Å². The fraction of sp³-hybridized carbons (Fsp3) is 0.529. The van der Waals surface area contributed by atoms with Crippen molar-refractivity contribution in [3.8, 4) is 0 Å². The minimum atomic E-state index is 0.199. The minimum absolute atomic E-state index is 0.199. The van der Waals surface area contributed by atoms with Gasteiger partial charge in [-0.25, -0.2) is 4.98 Å². The zero-order valence-electron chi connectivity index (χ0n) is 12.8. The third-order valence-corrected chi connectivity index (χ3v) is 5.10. The van der Waals surface area contributed by atoms with Gasteiger partial charge in [0.25, 0.3) is 0 Å². The highest BCUT2D eigenvalue weighted by molar-refractivity contribution is 5.80. The molecule has 2 aromatic rings. The first-order chi connectivity index (χ1) is 10.7. The molecule has 3 heterocycles. The number of carbonyl (C=O) groups excluding carboxylic acids is 1. The van der Waals surface area contributed by atoms with Crippen LogP contribution in [0.2, 0.25) is 0 Å². The summed E-state index contributed by atoms with van der Waals surface area (Å²) >= 11 is 0. The number of fused-ring (bicyclic) bond motifs is 1. The number of imidazole rings is 1. The molecule has 1 spiro atoms. The van der Waals surface area contributed by atoms with Crippen LogP contribution in [0.3, 0.4) is 0 Å². The van der Waals surface area contributed by atoms with Gasteiger partial charge in [0.1, 0.15) is 5.82 Å². The quantitative estimate of drug-likeness (QED) is 0.887. The van der Waals surface area contributed by atoms with Gasteiger partial charge < -0.3 is 15.2 Å². The fourth-order valence-electron chi connectivity index (χ4n) is 3.91. The lowest BCUT2D eigenvalue weighted by atomic mass is 9.79. The third-order valence-electron chi connectivity index (χ3n) is 5.10. The second-order valence-corrected chi connectivity index (χ2v) is 6.72. The van der Waals surface area contributed by atoms with Crippen molar-refractivity contribution in [3.63, 3.8) is 0 Å². The fourth-order valence-corrected chi connectivity index (χ4v) is 3.91.